The molecule has 1 atom stereocenters. The third-order valence-electron chi connectivity index (χ3n) is 1.98. The number of carbonyl (C=O) groups excluding carboxylic acids is 1. The van der Waals surface area contributed by atoms with E-state index in [-0.39, 0.29) is 18.0 Å². The van der Waals surface area contributed by atoms with E-state index in [1.54, 1.807) is 6.08 Å². The molecule has 0 spiro atoms. The quantitative estimate of drug-likeness (QED) is 0.639. The summed E-state index contributed by atoms with van der Waals surface area (Å²) >= 11 is 5.70. The van der Waals surface area contributed by atoms with Crippen molar-refractivity contribution in [2.75, 3.05) is 0 Å². The number of rotatable bonds is 2. The van der Waals surface area contributed by atoms with Gasteiger partial charge in [0.15, 0.2) is 0 Å². The summed E-state index contributed by atoms with van der Waals surface area (Å²) in [7, 11) is 0. The van der Waals surface area contributed by atoms with Gasteiger partial charge >= 0.3 is 0 Å². The van der Waals surface area contributed by atoms with Gasteiger partial charge in [-0.1, -0.05) is 11.6 Å². The Balaban J connectivity index is 1.89. The molecule has 2 aliphatic rings. The third-order valence-corrected chi connectivity index (χ3v) is 2.22. The van der Waals surface area contributed by atoms with Crippen LogP contribution in [0.25, 0.3) is 0 Å². The first-order valence-electron chi connectivity index (χ1n) is 4.21. The minimum atomic E-state index is -0.304. The molecule has 0 aromatic heterocycles. The van der Waals surface area contributed by atoms with Crippen LogP contribution >= 0.6 is 11.6 Å². The van der Waals surface area contributed by atoms with Crippen molar-refractivity contribution in [2.24, 2.45) is 10.9 Å². The Morgan fingerprint density at radius 2 is 2.46 bits per heavy atom. The number of aliphatic imine (C=N–C) groups is 1. The molecule has 1 aliphatic carbocycles. The van der Waals surface area contributed by atoms with E-state index in [1.165, 1.54) is 6.34 Å². The van der Waals surface area contributed by atoms with Crippen molar-refractivity contribution in [3.05, 3.63) is 11.2 Å². The lowest BCUT2D eigenvalue weighted by molar-refractivity contribution is -0.122. The van der Waals surface area contributed by atoms with Crippen LogP contribution in [0.15, 0.2) is 16.2 Å². The maximum Gasteiger partial charge on any atom is 0.224 e. The van der Waals surface area contributed by atoms with Crippen LogP contribution in [0.1, 0.15) is 12.8 Å². The summed E-state index contributed by atoms with van der Waals surface area (Å²) < 4.78 is 0. The highest BCUT2D eigenvalue weighted by Crippen LogP contribution is 2.29. The number of amides is 1. The first-order valence-corrected chi connectivity index (χ1v) is 4.59. The smallest absolute Gasteiger partial charge is 0.224 e. The van der Waals surface area contributed by atoms with Gasteiger partial charge in [0.05, 0.1) is 6.34 Å². The molecule has 0 bridgehead atoms. The average Bonchev–Trinajstić information content (AvgIpc) is 2.85. The van der Waals surface area contributed by atoms with Crippen LogP contribution < -0.4 is 10.6 Å². The minimum absolute atomic E-state index is 0.0739. The zero-order valence-corrected chi connectivity index (χ0v) is 7.71. The van der Waals surface area contributed by atoms with Crippen LogP contribution in [0.3, 0.4) is 0 Å². The fourth-order valence-corrected chi connectivity index (χ4v) is 1.27. The van der Waals surface area contributed by atoms with Crippen LogP contribution in [0.2, 0.25) is 0 Å². The molecule has 70 valence electrons. The predicted octanol–water partition coefficient (Wildman–Crippen LogP) is 0.550. The van der Waals surface area contributed by atoms with Crippen LogP contribution in [-0.2, 0) is 4.79 Å². The lowest BCUT2D eigenvalue weighted by atomic mass is 10.3. The van der Waals surface area contributed by atoms with Gasteiger partial charge in [-0.3, -0.25) is 4.79 Å². The summed E-state index contributed by atoms with van der Waals surface area (Å²) in [6.45, 7) is 0. The van der Waals surface area contributed by atoms with E-state index < -0.39 is 0 Å². The van der Waals surface area contributed by atoms with Gasteiger partial charge in [0.2, 0.25) is 5.91 Å². The van der Waals surface area contributed by atoms with E-state index in [9.17, 15) is 4.79 Å². The SMILES string of the molecule is O=C(NC1C=C(Cl)NC=N1)C1CC1. The molecular weight excluding hydrogens is 190 g/mol. The molecule has 0 aromatic carbocycles. The Morgan fingerprint density at radius 3 is 3.08 bits per heavy atom. The maximum absolute atomic E-state index is 11.3. The van der Waals surface area contributed by atoms with Gasteiger partial charge in [0.1, 0.15) is 11.3 Å². The fraction of sp³-hybridized carbons (Fsp3) is 0.500. The monoisotopic (exact) mass is 199 g/mol. The van der Waals surface area contributed by atoms with Crippen molar-refractivity contribution < 1.29 is 4.79 Å². The molecule has 1 unspecified atom stereocenters. The first-order chi connectivity index (χ1) is 6.25. The zero-order valence-electron chi connectivity index (χ0n) is 6.96. The second-order valence-electron chi connectivity index (χ2n) is 3.16. The summed E-state index contributed by atoms with van der Waals surface area (Å²) in [6, 6.07) is 0. The number of hydrogen-bond donors (Lipinski definition) is 2. The van der Waals surface area contributed by atoms with Crippen molar-refractivity contribution in [3.8, 4) is 0 Å². The van der Waals surface area contributed by atoms with Gasteiger partial charge in [-0.25, -0.2) is 4.99 Å². The summed E-state index contributed by atoms with van der Waals surface area (Å²) in [5.74, 6) is 0.280. The highest BCUT2D eigenvalue weighted by molar-refractivity contribution is 6.30. The molecule has 1 saturated carbocycles. The lowest BCUT2D eigenvalue weighted by Crippen LogP contribution is -2.36. The molecule has 0 radical (unpaired) electrons. The molecule has 0 aromatic rings. The second kappa shape index (κ2) is 3.38. The minimum Gasteiger partial charge on any atom is -0.337 e. The molecule has 4 nitrogen and oxygen atoms in total. The largest absolute Gasteiger partial charge is 0.337 e. The Bertz CT molecular complexity index is 283. The molecule has 0 saturated heterocycles. The normalized spacial score (nSPS) is 26.2. The van der Waals surface area contributed by atoms with E-state index >= 15 is 0 Å². The number of carbonyl (C=O) groups is 1. The second-order valence-corrected chi connectivity index (χ2v) is 3.57. The van der Waals surface area contributed by atoms with Gasteiger partial charge in [-0.15, -0.1) is 0 Å². The van der Waals surface area contributed by atoms with Gasteiger partial charge < -0.3 is 10.6 Å². The summed E-state index contributed by atoms with van der Waals surface area (Å²) in [5, 5.41) is 5.98. The van der Waals surface area contributed by atoms with E-state index in [2.05, 4.69) is 15.6 Å². The van der Waals surface area contributed by atoms with Gasteiger partial charge in [0, 0.05) is 5.92 Å². The van der Waals surface area contributed by atoms with Crippen LogP contribution in [-0.4, -0.2) is 18.4 Å². The number of nitrogens with one attached hydrogen (secondary N) is 2. The Hall–Kier alpha value is -1.03. The van der Waals surface area contributed by atoms with Crippen molar-refractivity contribution in [3.63, 3.8) is 0 Å². The average molecular weight is 200 g/mol. The van der Waals surface area contributed by atoms with E-state index in [1.807, 2.05) is 0 Å². The van der Waals surface area contributed by atoms with Crippen molar-refractivity contribution in [1.82, 2.24) is 10.6 Å². The van der Waals surface area contributed by atoms with Crippen molar-refractivity contribution in [2.45, 2.75) is 19.0 Å². The topological polar surface area (TPSA) is 53.5 Å². The zero-order chi connectivity index (χ0) is 9.26. The molecule has 1 heterocycles. The highest BCUT2D eigenvalue weighted by Gasteiger charge is 2.30. The summed E-state index contributed by atoms with van der Waals surface area (Å²) in [4.78, 5) is 15.3. The summed E-state index contributed by atoms with van der Waals surface area (Å²) in [5.41, 5.74) is 0. The molecule has 1 aliphatic heterocycles. The van der Waals surface area contributed by atoms with E-state index in [0.717, 1.165) is 12.8 Å². The molecule has 13 heavy (non-hydrogen) atoms. The van der Waals surface area contributed by atoms with Crippen molar-refractivity contribution >= 4 is 23.8 Å². The number of hydrogen-bond acceptors (Lipinski definition) is 3. The molecular formula is C8H10ClN3O. The summed E-state index contributed by atoms with van der Waals surface area (Å²) in [6.07, 6.45) is 4.85. The molecule has 2 N–H and O–H groups in total. The number of nitrogens with zero attached hydrogens (tertiary/aromatic N) is 1. The fourth-order valence-electron chi connectivity index (χ4n) is 1.10. The number of halogens is 1. The Morgan fingerprint density at radius 1 is 1.69 bits per heavy atom. The third kappa shape index (κ3) is 2.21. The molecule has 1 fully saturated rings. The van der Waals surface area contributed by atoms with Gasteiger partial charge in [-0.05, 0) is 18.9 Å². The van der Waals surface area contributed by atoms with Gasteiger partial charge in [-0.2, -0.15) is 0 Å². The Kier molecular flexibility index (Phi) is 2.22. The molecule has 1 amide bonds. The molecule has 5 heteroatoms. The molecule has 2 rings (SSSR count). The van der Waals surface area contributed by atoms with Crippen LogP contribution in [0.4, 0.5) is 0 Å². The lowest BCUT2D eigenvalue weighted by Gasteiger charge is -2.14. The van der Waals surface area contributed by atoms with Crippen LogP contribution in [0.5, 0.6) is 0 Å². The van der Waals surface area contributed by atoms with Gasteiger partial charge in [0.25, 0.3) is 0 Å². The first kappa shape index (κ1) is 8.56. The maximum atomic E-state index is 11.3. The predicted molar refractivity (Wildman–Crippen MR) is 50.2 cm³/mol. The van der Waals surface area contributed by atoms with Crippen molar-refractivity contribution in [1.29, 1.82) is 0 Å². The standard InChI is InChI=1S/C8H10ClN3O/c9-6-3-7(11-4-10-6)12-8(13)5-1-2-5/h3-5,7H,1-2H2,(H,10,11)(H,12,13). The Labute approximate surface area is 81.1 Å². The van der Waals surface area contributed by atoms with Crippen LogP contribution in [0, 0.1) is 5.92 Å². The highest BCUT2D eigenvalue weighted by atomic mass is 35.5. The van der Waals surface area contributed by atoms with E-state index in [4.69, 9.17) is 11.6 Å². The van der Waals surface area contributed by atoms with E-state index in [0.29, 0.717) is 5.16 Å².